The molecule has 0 heterocycles. The summed E-state index contributed by atoms with van der Waals surface area (Å²) in [6.45, 7) is 1.19. The Bertz CT molecular complexity index is 126. The molecule has 2 aliphatic rings. The fraction of sp³-hybridized carbons (Fsp3) is 1.00. The molecule has 70 valence electrons. The Morgan fingerprint density at radius 3 is 2.25 bits per heavy atom. The first-order valence-electron chi connectivity index (χ1n) is 5.43. The van der Waals surface area contributed by atoms with Crippen LogP contribution in [0.3, 0.4) is 0 Å². The molecule has 0 saturated heterocycles. The Kier molecular flexibility index (Phi) is 3.01. The second-order valence-corrected chi connectivity index (χ2v) is 4.30. The van der Waals surface area contributed by atoms with Crippen molar-refractivity contribution in [3.63, 3.8) is 0 Å². The highest BCUT2D eigenvalue weighted by molar-refractivity contribution is 4.74. The van der Waals surface area contributed by atoms with Gasteiger partial charge in [0, 0.05) is 12.6 Å². The molecule has 0 bridgehead atoms. The highest BCUT2D eigenvalue weighted by Crippen LogP contribution is 2.25. The number of hydrogen-bond acceptors (Lipinski definition) is 2. The van der Waals surface area contributed by atoms with E-state index in [-0.39, 0.29) is 0 Å². The first-order valence-corrected chi connectivity index (χ1v) is 5.43. The third-order valence-corrected chi connectivity index (χ3v) is 3.28. The molecule has 2 N–H and O–H groups in total. The van der Waals surface area contributed by atoms with E-state index in [4.69, 9.17) is 0 Å². The van der Waals surface area contributed by atoms with Crippen molar-refractivity contribution in [2.75, 3.05) is 6.54 Å². The summed E-state index contributed by atoms with van der Waals surface area (Å²) in [4.78, 5) is 0. The summed E-state index contributed by atoms with van der Waals surface area (Å²) in [5, 5.41) is 0. The monoisotopic (exact) mass is 168 g/mol. The summed E-state index contributed by atoms with van der Waals surface area (Å²) in [6, 6.07) is 0.769. The van der Waals surface area contributed by atoms with Gasteiger partial charge >= 0.3 is 0 Å². The van der Waals surface area contributed by atoms with Gasteiger partial charge in [0.05, 0.1) is 0 Å². The van der Waals surface area contributed by atoms with Gasteiger partial charge in [-0.25, -0.2) is 0 Å². The third-order valence-electron chi connectivity index (χ3n) is 3.28. The summed E-state index contributed by atoms with van der Waals surface area (Å²) in [5.74, 6) is 0.971. The highest BCUT2D eigenvalue weighted by Gasteiger charge is 2.18. The Hall–Kier alpha value is -0.0800. The molecule has 0 aromatic carbocycles. The third kappa shape index (κ3) is 2.20. The lowest BCUT2D eigenvalue weighted by atomic mass is 9.86. The van der Waals surface area contributed by atoms with Crippen molar-refractivity contribution >= 4 is 0 Å². The van der Waals surface area contributed by atoms with Crippen molar-refractivity contribution in [1.29, 1.82) is 0 Å². The number of rotatable bonds is 4. The molecule has 0 amide bonds. The van der Waals surface area contributed by atoms with Gasteiger partial charge in [-0.15, -0.1) is 0 Å². The van der Waals surface area contributed by atoms with E-state index in [9.17, 15) is 0 Å². The average molecular weight is 168 g/mol. The fourth-order valence-corrected chi connectivity index (χ4v) is 2.11. The van der Waals surface area contributed by atoms with Crippen molar-refractivity contribution in [2.24, 2.45) is 5.92 Å². The summed E-state index contributed by atoms with van der Waals surface area (Å²) in [7, 11) is 0. The van der Waals surface area contributed by atoms with Gasteiger partial charge in [-0.2, -0.15) is 0 Å². The van der Waals surface area contributed by atoms with Gasteiger partial charge in [-0.05, 0) is 31.6 Å². The summed E-state index contributed by atoms with van der Waals surface area (Å²) in [5.41, 5.74) is 6.81. The number of nitrogens with one attached hydrogen (secondary N) is 2. The molecule has 2 nitrogen and oxygen atoms in total. The van der Waals surface area contributed by atoms with E-state index in [0.717, 1.165) is 12.0 Å². The Morgan fingerprint density at radius 2 is 1.67 bits per heavy atom. The molecule has 12 heavy (non-hydrogen) atoms. The zero-order valence-corrected chi connectivity index (χ0v) is 7.81. The largest absolute Gasteiger partial charge is 0.257 e. The summed E-state index contributed by atoms with van der Waals surface area (Å²) >= 11 is 0. The molecule has 2 fully saturated rings. The van der Waals surface area contributed by atoms with Gasteiger partial charge in [0.25, 0.3) is 0 Å². The van der Waals surface area contributed by atoms with Crippen LogP contribution in [0.15, 0.2) is 0 Å². The van der Waals surface area contributed by atoms with Crippen molar-refractivity contribution in [1.82, 2.24) is 10.9 Å². The molecular formula is C10H20N2. The molecule has 2 aliphatic carbocycles. The maximum absolute atomic E-state index is 3.43. The smallest absolute Gasteiger partial charge is 0.0212 e. The molecule has 0 aromatic heterocycles. The maximum atomic E-state index is 3.43. The van der Waals surface area contributed by atoms with Crippen LogP contribution in [0, 0.1) is 5.92 Å². The van der Waals surface area contributed by atoms with Crippen LogP contribution in [0.4, 0.5) is 0 Å². The van der Waals surface area contributed by atoms with Crippen LogP contribution in [-0.2, 0) is 0 Å². The second kappa shape index (κ2) is 4.24. The Balaban J connectivity index is 1.49. The first kappa shape index (κ1) is 8.52. The second-order valence-electron chi connectivity index (χ2n) is 4.30. The predicted octanol–water partition coefficient (Wildman–Crippen LogP) is 1.82. The maximum Gasteiger partial charge on any atom is 0.0212 e. The van der Waals surface area contributed by atoms with E-state index in [2.05, 4.69) is 10.9 Å². The van der Waals surface area contributed by atoms with E-state index < -0.39 is 0 Å². The van der Waals surface area contributed by atoms with E-state index in [1.54, 1.807) is 0 Å². The van der Waals surface area contributed by atoms with Gasteiger partial charge < -0.3 is 0 Å². The van der Waals surface area contributed by atoms with Crippen molar-refractivity contribution in [2.45, 2.75) is 51.0 Å². The molecule has 0 aliphatic heterocycles. The Morgan fingerprint density at radius 1 is 0.917 bits per heavy atom. The molecule has 0 aromatic rings. The van der Waals surface area contributed by atoms with Gasteiger partial charge in [0.2, 0.25) is 0 Å². The van der Waals surface area contributed by atoms with E-state index in [1.165, 1.54) is 51.5 Å². The molecule has 0 atom stereocenters. The molecule has 0 spiro atoms. The first-order chi connectivity index (χ1) is 5.95. The van der Waals surface area contributed by atoms with Gasteiger partial charge in [-0.3, -0.25) is 10.9 Å². The quantitative estimate of drug-likeness (QED) is 0.626. The highest BCUT2D eigenvalue weighted by atomic mass is 15.4. The van der Waals surface area contributed by atoms with E-state index >= 15 is 0 Å². The molecule has 0 unspecified atom stereocenters. The van der Waals surface area contributed by atoms with Crippen LogP contribution in [0.1, 0.15) is 44.9 Å². The normalized spacial score (nSPS) is 26.0. The van der Waals surface area contributed by atoms with Crippen LogP contribution < -0.4 is 10.9 Å². The Labute approximate surface area is 75.1 Å². The van der Waals surface area contributed by atoms with Crippen LogP contribution >= 0.6 is 0 Å². The predicted molar refractivity (Wildman–Crippen MR) is 50.7 cm³/mol. The number of hydrazine groups is 1. The average Bonchev–Trinajstić information content (AvgIpc) is 2.46. The minimum atomic E-state index is 0.769. The molecule has 2 heteroatoms. The molecule has 0 radical (unpaired) electrons. The number of hydrogen-bond donors (Lipinski definition) is 2. The van der Waals surface area contributed by atoms with Crippen molar-refractivity contribution < 1.29 is 0 Å². The molecule has 2 saturated carbocycles. The van der Waals surface area contributed by atoms with Crippen LogP contribution in [-0.4, -0.2) is 12.6 Å². The van der Waals surface area contributed by atoms with E-state index in [0.29, 0.717) is 0 Å². The van der Waals surface area contributed by atoms with Crippen LogP contribution in [0.2, 0.25) is 0 Å². The van der Waals surface area contributed by atoms with Gasteiger partial charge in [0.15, 0.2) is 0 Å². The zero-order chi connectivity index (χ0) is 8.23. The van der Waals surface area contributed by atoms with Gasteiger partial charge in [0.1, 0.15) is 0 Å². The minimum absolute atomic E-state index is 0.769. The lowest BCUT2D eigenvalue weighted by molar-refractivity contribution is 0.277. The lowest BCUT2D eigenvalue weighted by Crippen LogP contribution is -2.42. The lowest BCUT2D eigenvalue weighted by Gasteiger charge is -2.26. The van der Waals surface area contributed by atoms with Crippen molar-refractivity contribution in [3.8, 4) is 0 Å². The van der Waals surface area contributed by atoms with Gasteiger partial charge in [-0.1, -0.05) is 19.3 Å². The molecule has 2 rings (SSSR count). The van der Waals surface area contributed by atoms with Crippen molar-refractivity contribution in [3.05, 3.63) is 0 Å². The SMILES string of the molecule is C1CC(CNNC2CCCC2)C1. The van der Waals surface area contributed by atoms with Crippen LogP contribution in [0.25, 0.3) is 0 Å². The fourth-order valence-electron chi connectivity index (χ4n) is 2.11. The summed E-state index contributed by atoms with van der Waals surface area (Å²) < 4.78 is 0. The van der Waals surface area contributed by atoms with E-state index in [1.807, 2.05) is 0 Å². The standard InChI is InChI=1S/C10H20N2/c1-2-7-10(6-1)12-11-8-9-4-3-5-9/h9-12H,1-8H2. The molecular weight excluding hydrogens is 148 g/mol. The van der Waals surface area contributed by atoms with Crippen LogP contribution in [0.5, 0.6) is 0 Å². The zero-order valence-electron chi connectivity index (χ0n) is 7.81. The summed E-state index contributed by atoms with van der Waals surface area (Å²) in [6.07, 6.45) is 9.93. The minimum Gasteiger partial charge on any atom is -0.257 e. The topological polar surface area (TPSA) is 24.1 Å².